The van der Waals surface area contributed by atoms with Crippen molar-refractivity contribution in [2.75, 3.05) is 4.90 Å². The van der Waals surface area contributed by atoms with Crippen molar-refractivity contribution >= 4 is 59.3 Å². The lowest BCUT2D eigenvalue weighted by atomic mass is 9.74. The summed E-state index contributed by atoms with van der Waals surface area (Å²) in [5.41, 5.74) is 19.3. The molecule has 0 bridgehead atoms. The predicted octanol–water partition coefficient (Wildman–Crippen LogP) is 18.7. The number of anilines is 3. The van der Waals surface area contributed by atoms with Crippen LogP contribution in [0, 0.1) is 0 Å². The van der Waals surface area contributed by atoms with E-state index in [2.05, 4.69) is 267 Å². The Morgan fingerprint density at radius 3 is 1.57 bits per heavy atom. The zero-order chi connectivity index (χ0) is 45.2. The molecule has 0 spiro atoms. The fraction of sp³-hybridized carbons (Fsp3) is 0.0303. The molecule has 320 valence electrons. The van der Waals surface area contributed by atoms with Crippen molar-refractivity contribution in [2.45, 2.75) is 12.3 Å². The fourth-order valence-electron chi connectivity index (χ4n) is 11.3. The number of fused-ring (bicyclic) bond motifs is 7. The van der Waals surface area contributed by atoms with Crippen LogP contribution in [0.1, 0.15) is 23.6 Å². The first-order valence-electron chi connectivity index (χ1n) is 23.5. The summed E-state index contributed by atoms with van der Waals surface area (Å²) < 4.78 is 2.59. The van der Waals surface area contributed by atoms with Gasteiger partial charge in [-0.25, -0.2) is 0 Å². The molecule has 1 aliphatic rings. The van der Waals surface area contributed by atoms with Gasteiger partial charge in [0.1, 0.15) is 0 Å². The van der Waals surface area contributed by atoms with Gasteiger partial charge < -0.3 is 4.90 Å². The summed E-state index contributed by atoms with van der Waals surface area (Å²) in [4.78, 5) is 2.50. The molecule has 1 aliphatic carbocycles. The van der Waals surface area contributed by atoms with Gasteiger partial charge in [-0.05, 0) is 115 Å². The van der Waals surface area contributed by atoms with Crippen molar-refractivity contribution < 1.29 is 0 Å². The van der Waals surface area contributed by atoms with Crippen molar-refractivity contribution in [2.24, 2.45) is 0 Å². The smallest absolute Gasteiger partial charge is 0.0540 e. The SMILES string of the molecule is CC1(c2ccccc2)c2ccccc2-c2c(-c3ccc(N(c4ccccc4-c4cccc5cccc(-c6ccccc6)c45)c4ccccc4-c4cccc5sc6ccccc6c45)cc3)cccc21. The van der Waals surface area contributed by atoms with Crippen molar-refractivity contribution in [1.29, 1.82) is 0 Å². The van der Waals surface area contributed by atoms with Crippen LogP contribution in [0.4, 0.5) is 17.1 Å². The Balaban J connectivity index is 1.03. The average molecular weight is 884 g/mol. The Bertz CT molecular complexity index is 3860. The van der Waals surface area contributed by atoms with E-state index in [9.17, 15) is 0 Å². The Morgan fingerprint density at radius 2 is 0.838 bits per heavy atom. The molecule has 68 heavy (non-hydrogen) atoms. The molecule has 0 radical (unpaired) electrons. The first-order chi connectivity index (χ1) is 33.6. The van der Waals surface area contributed by atoms with Crippen LogP contribution in [-0.2, 0) is 5.41 Å². The lowest BCUT2D eigenvalue weighted by molar-refractivity contribution is 0.714. The predicted molar refractivity (Wildman–Crippen MR) is 291 cm³/mol. The van der Waals surface area contributed by atoms with Crippen LogP contribution in [-0.4, -0.2) is 0 Å². The highest BCUT2D eigenvalue weighted by Crippen LogP contribution is 2.56. The maximum absolute atomic E-state index is 2.50. The third kappa shape index (κ3) is 6.29. The monoisotopic (exact) mass is 883 g/mol. The zero-order valence-electron chi connectivity index (χ0n) is 37.6. The molecule has 1 nitrogen and oxygen atoms in total. The molecule has 0 amide bonds. The van der Waals surface area contributed by atoms with E-state index >= 15 is 0 Å². The molecule has 0 saturated heterocycles. The number of hydrogen-bond acceptors (Lipinski definition) is 2. The van der Waals surface area contributed by atoms with E-state index in [1.807, 2.05) is 11.3 Å². The van der Waals surface area contributed by atoms with E-state index in [0.29, 0.717) is 0 Å². The molecule has 12 aromatic rings. The average Bonchev–Trinajstić information content (AvgIpc) is 3.93. The molecule has 0 saturated carbocycles. The highest BCUT2D eigenvalue weighted by atomic mass is 32.1. The molecule has 1 atom stereocenters. The molecule has 0 aliphatic heterocycles. The van der Waals surface area contributed by atoms with Crippen LogP contribution in [0.25, 0.3) is 86.6 Å². The molecular formula is C66H45NS. The van der Waals surface area contributed by atoms with Crippen LogP contribution in [0.15, 0.2) is 255 Å². The molecular weight excluding hydrogens is 839 g/mol. The second-order valence-electron chi connectivity index (χ2n) is 18.0. The largest absolute Gasteiger partial charge is 0.309 e. The standard InChI is InChI=1S/C66H45NS/c1-66(47-24-6-3-7-25-47)57-34-12-8-28-55(57)64-50(31-18-35-58(64)66)45-40-42-48(43-41-45)67(60-37-14-10-27-52(60)54-33-19-39-62-65(54)56-29-11-15-38-61(56)68-62)59-36-13-9-26-51(59)53-32-17-23-46-22-16-30-49(63(46)53)44-20-4-2-5-21-44/h2-43H,1H3. The zero-order valence-corrected chi connectivity index (χ0v) is 38.4. The maximum atomic E-state index is 2.50. The van der Waals surface area contributed by atoms with Gasteiger partial charge in [0.05, 0.1) is 11.4 Å². The van der Waals surface area contributed by atoms with Gasteiger partial charge in [0, 0.05) is 42.4 Å². The molecule has 1 unspecified atom stereocenters. The summed E-state index contributed by atoms with van der Waals surface area (Å²) in [6, 6.07) is 94.1. The van der Waals surface area contributed by atoms with Crippen molar-refractivity contribution in [3.8, 4) is 55.6 Å². The Hall–Kier alpha value is -8.30. The summed E-state index contributed by atoms with van der Waals surface area (Å²) in [7, 11) is 0. The second-order valence-corrected chi connectivity index (χ2v) is 19.1. The van der Waals surface area contributed by atoms with Crippen LogP contribution in [0.3, 0.4) is 0 Å². The third-order valence-electron chi connectivity index (χ3n) is 14.4. The second kappa shape index (κ2) is 16.2. The highest BCUT2D eigenvalue weighted by Gasteiger charge is 2.41. The molecule has 1 aromatic heterocycles. The van der Waals surface area contributed by atoms with Gasteiger partial charge in [-0.15, -0.1) is 11.3 Å². The summed E-state index contributed by atoms with van der Waals surface area (Å²) in [5.74, 6) is 0. The summed E-state index contributed by atoms with van der Waals surface area (Å²) >= 11 is 1.87. The Labute approximate surface area is 401 Å². The Kier molecular flexibility index (Phi) is 9.56. The first kappa shape index (κ1) is 40.0. The van der Waals surface area contributed by atoms with Crippen molar-refractivity contribution in [1.82, 2.24) is 0 Å². The number of thiophene rings is 1. The van der Waals surface area contributed by atoms with Gasteiger partial charge >= 0.3 is 0 Å². The van der Waals surface area contributed by atoms with E-state index in [0.717, 1.165) is 22.6 Å². The Morgan fingerprint density at radius 1 is 0.338 bits per heavy atom. The van der Waals surface area contributed by atoms with Gasteiger partial charge in [0.25, 0.3) is 0 Å². The molecule has 13 rings (SSSR count). The van der Waals surface area contributed by atoms with E-state index in [1.54, 1.807) is 0 Å². The number of nitrogens with zero attached hydrogens (tertiary/aromatic N) is 1. The summed E-state index contributed by atoms with van der Waals surface area (Å²) in [5, 5.41) is 5.05. The van der Waals surface area contributed by atoms with Crippen molar-refractivity contribution in [3.05, 3.63) is 271 Å². The molecule has 2 heteroatoms. The summed E-state index contributed by atoms with van der Waals surface area (Å²) in [6.07, 6.45) is 0. The van der Waals surface area contributed by atoms with Gasteiger partial charge in [-0.3, -0.25) is 0 Å². The minimum absolute atomic E-state index is 0.272. The number of rotatable bonds is 8. The van der Waals surface area contributed by atoms with Gasteiger partial charge in [0.15, 0.2) is 0 Å². The minimum Gasteiger partial charge on any atom is -0.309 e. The lowest BCUT2D eigenvalue weighted by Crippen LogP contribution is -2.22. The van der Waals surface area contributed by atoms with Crippen LogP contribution in [0.2, 0.25) is 0 Å². The van der Waals surface area contributed by atoms with E-state index in [4.69, 9.17) is 0 Å². The number of hydrogen-bond donors (Lipinski definition) is 0. The van der Waals surface area contributed by atoms with Crippen molar-refractivity contribution in [3.63, 3.8) is 0 Å². The van der Waals surface area contributed by atoms with Gasteiger partial charge in [-0.2, -0.15) is 0 Å². The number of para-hydroxylation sites is 2. The van der Waals surface area contributed by atoms with Crippen LogP contribution < -0.4 is 4.90 Å². The molecule has 11 aromatic carbocycles. The maximum Gasteiger partial charge on any atom is 0.0540 e. The molecule has 0 fully saturated rings. The van der Waals surface area contributed by atoms with E-state index in [1.165, 1.54) is 97.7 Å². The normalized spacial score (nSPS) is 14.0. The van der Waals surface area contributed by atoms with Crippen LogP contribution >= 0.6 is 11.3 Å². The van der Waals surface area contributed by atoms with E-state index in [-0.39, 0.29) is 5.41 Å². The summed E-state index contributed by atoms with van der Waals surface area (Å²) in [6.45, 7) is 2.39. The van der Waals surface area contributed by atoms with Gasteiger partial charge in [-0.1, -0.05) is 218 Å². The molecule has 1 heterocycles. The fourth-order valence-corrected chi connectivity index (χ4v) is 12.4. The highest BCUT2D eigenvalue weighted by molar-refractivity contribution is 7.25. The van der Waals surface area contributed by atoms with Crippen LogP contribution in [0.5, 0.6) is 0 Å². The third-order valence-corrected chi connectivity index (χ3v) is 15.5. The quantitative estimate of drug-likeness (QED) is 0.147. The number of benzene rings is 11. The lowest BCUT2D eigenvalue weighted by Gasteiger charge is -2.30. The minimum atomic E-state index is -0.272. The van der Waals surface area contributed by atoms with Gasteiger partial charge in [0.2, 0.25) is 0 Å². The molecule has 0 N–H and O–H groups in total. The van der Waals surface area contributed by atoms with E-state index < -0.39 is 0 Å². The topological polar surface area (TPSA) is 3.24 Å². The first-order valence-corrected chi connectivity index (χ1v) is 24.3.